The SMILES string of the molecule is COc1cc(C(=O)N2CCC[C@H](c3ncc[nH]3)C2)ccn1. The lowest BCUT2D eigenvalue weighted by Crippen LogP contribution is -2.39. The quantitative estimate of drug-likeness (QED) is 0.934. The number of pyridine rings is 1. The molecule has 3 heterocycles. The molecule has 1 fully saturated rings. The first-order chi connectivity index (χ1) is 10.3. The van der Waals surface area contributed by atoms with Gasteiger partial charge >= 0.3 is 0 Å². The summed E-state index contributed by atoms with van der Waals surface area (Å²) in [6.45, 7) is 1.47. The maximum absolute atomic E-state index is 12.6. The summed E-state index contributed by atoms with van der Waals surface area (Å²) in [5, 5.41) is 0. The van der Waals surface area contributed by atoms with E-state index in [1.807, 2.05) is 11.1 Å². The van der Waals surface area contributed by atoms with Gasteiger partial charge in [-0.1, -0.05) is 0 Å². The molecule has 0 spiro atoms. The number of carbonyl (C=O) groups is 1. The monoisotopic (exact) mass is 286 g/mol. The van der Waals surface area contributed by atoms with Crippen LogP contribution >= 0.6 is 0 Å². The summed E-state index contributed by atoms with van der Waals surface area (Å²) >= 11 is 0. The Morgan fingerprint density at radius 3 is 3.10 bits per heavy atom. The number of nitrogens with zero attached hydrogens (tertiary/aromatic N) is 3. The molecular formula is C15H18N4O2. The topological polar surface area (TPSA) is 71.1 Å². The molecule has 1 N–H and O–H groups in total. The van der Waals surface area contributed by atoms with Crippen LogP contribution in [0.15, 0.2) is 30.7 Å². The molecule has 0 aromatic carbocycles. The van der Waals surface area contributed by atoms with Crippen LogP contribution in [0.2, 0.25) is 0 Å². The number of aromatic amines is 1. The molecule has 2 aromatic rings. The average molecular weight is 286 g/mol. The van der Waals surface area contributed by atoms with Crippen molar-refractivity contribution < 1.29 is 9.53 Å². The highest BCUT2D eigenvalue weighted by Crippen LogP contribution is 2.25. The lowest BCUT2D eigenvalue weighted by Gasteiger charge is -2.32. The Bertz CT molecular complexity index is 612. The predicted molar refractivity (Wildman–Crippen MR) is 77.3 cm³/mol. The summed E-state index contributed by atoms with van der Waals surface area (Å²) in [5.74, 6) is 1.72. The highest BCUT2D eigenvalue weighted by Gasteiger charge is 2.26. The smallest absolute Gasteiger partial charge is 0.254 e. The Morgan fingerprint density at radius 2 is 2.33 bits per heavy atom. The van der Waals surface area contributed by atoms with Gasteiger partial charge in [0.15, 0.2) is 0 Å². The Morgan fingerprint density at radius 1 is 1.43 bits per heavy atom. The molecule has 110 valence electrons. The third kappa shape index (κ3) is 2.89. The van der Waals surface area contributed by atoms with Gasteiger partial charge in [0.2, 0.25) is 5.88 Å². The van der Waals surface area contributed by atoms with Gasteiger partial charge in [0.25, 0.3) is 5.91 Å². The molecule has 0 radical (unpaired) electrons. The first kappa shape index (κ1) is 13.6. The molecule has 21 heavy (non-hydrogen) atoms. The zero-order valence-electron chi connectivity index (χ0n) is 12.0. The van der Waals surface area contributed by atoms with Crippen LogP contribution in [0.1, 0.15) is 34.9 Å². The number of H-pyrrole nitrogens is 1. The normalized spacial score (nSPS) is 18.5. The van der Waals surface area contributed by atoms with E-state index in [9.17, 15) is 4.79 Å². The summed E-state index contributed by atoms with van der Waals surface area (Å²) in [7, 11) is 1.55. The van der Waals surface area contributed by atoms with Crippen molar-refractivity contribution in [2.45, 2.75) is 18.8 Å². The van der Waals surface area contributed by atoms with E-state index in [2.05, 4.69) is 15.0 Å². The molecular weight excluding hydrogens is 268 g/mol. The molecule has 1 amide bonds. The van der Waals surface area contributed by atoms with Gasteiger partial charge in [-0.05, 0) is 18.9 Å². The third-order valence-electron chi connectivity index (χ3n) is 3.81. The van der Waals surface area contributed by atoms with Gasteiger partial charge in [0.05, 0.1) is 7.11 Å². The number of methoxy groups -OCH3 is 1. The van der Waals surface area contributed by atoms with Gasteiger partial charge in [-0.15, -0.1) is 0 Å². The molecule has 2 aromatic heterocycles. The average Bonchev–Trinajstić information content (AvgIpc) is 3.09. The van der Waals surface area contributed by atoms with E-state index in [0.717, 1.165) is 25.2 Å². The van der Waals surface area contributed by atoms with E-state index in [0.29, 0.717) is 18.0 Å². The largest absolute Gasteiger partial charge is 0.481 e. The van der Waals surface area contributed by atoms with Crippen molar-refractivity contribution in [1.82, 2.24) is 19.9 Å². The van der Waals surface area contributed by atoms with Crippen LogP contribution in [0.3, 0.4) is 0 Å². The van der Waals surface area contributed by atoms with Crippen LogP contribution in [-0.4, -0.2) is 46.0 Å². The number of hydrogen-bond donors (Lipinski definition) is 1. The Hall–Kier alpha value is -2.37. The molecule has 1 aliphatic heterocycles. The van der Waals surface area contributed by atoms with E-state index in [1.165, 1.54) is 0 Å². The fraction of sp³-hybridized carbons (Fsp3) is 0.400. The number of aromatic nitrogens is 3. The van der Waals surface area contributed by atoms with Gasteiger partial charge in [-0.3, -0.25) is 4.79 Å². The second-order valence-electron chi connectivity index (χ2n) is 5.15. The highest BCUT2D eigenvalue weighted by molar-refractivity contribution is 5.94. The van der Waals surface area contributed by atoms with Crippen LogP contribution in [0.4, 0.5) is 0 Å². The van der Waals surface area contributed by atoms with Crippen LogP contribution < -0.4 is 4.74 Å². The van der Waals surface area contributed by atoms with E-state index in [-0.39, 0.29) is 11.8 Å². The van der Waals surface area contributed by atoms with Gasteiger partial charge < -0.3 is 14.6 Å². The number of rotatable bonds is 3. The van der Waals surface area contributed by atoms with Crippen molar-refractivity contribution in [3.8, 4) is 5.88 Å². The molecule has 3 rings (SSSR count). The number of hydrogen-bond acceptors (Lipinski definition) is 4. The molecule has 0 unspecified atom stereocenters. The fourth-order valence-electron chi connectivity index (χ4n) is 2.72. The molecule has 6 nitrogen and oxygen atoms in total. The van der Waals surface area contributed by atoms with E-state index in [4.69, 9.17) is 4.74 Å². The molecule has 0 aliphatic carbocycles. The van der Waals surface area contributed by atoms with E-state index >= 15 is 0 Å². The summed E-state index contributed by atoms with van der Waals surface area (Å²) in [5.41, 5.74) is 0.613. The number of carbonyl (C=O) groups excluding carboxylic acids is 1. The third-order valence-corrected chi connectivity index (χ3v) is 3.81. The van der Waals surface area contributed by atoms with Crippen molar-refractivity contribution in [2.24, 2.45) is 0 Å². The van der Waals surface area contributed by atoms with Gasteiger partial charge in [-0.2, -0.15) is 0 Å². The maximum Gasteiger partial charge on any atom is 0.254 e. The zero-order chi connectivity index (χ0) is 14.7. The summed E-state index contributed by atoms with van der Waals surface area (Å²) in [4.78, 5) is 26.0. The number of imidazole rings is 1. The van der Waals surface area contributed by atoms with Gasteiger partial charge in [0, 0.05) is 49.2 Å². The zero-order valence-corrected chi connectivity index (χ0v) is 12.0. The first-order valence-corrected chi connectivity index (χ1v) is 7.06. The van der Waals surface area contributed by atoms with Crippen molar-refractivity contribution >= 4 is 5.91 Å². The van der Waals surface area contributed by atoms with Crippen LogP contribution in [0.5, 0.6) is 5.88 Å². The van der Waals surface area contributed by atoms with Crippen molar-refractivity contribution in [1.29, 1.82) is 0 Å². The highest BCUT2D eigenvalue weighted by atomic mass is 16.5. The van der Waals surface area contributed by atoms with Crippen LogP contribution in [-0.2, 0) is 0 Å². The number of nitrogens with one attached hydrogen (secondary N) is 1. The molecule has 1 saturated heterocycles. The standard InChI is InChI=1S/C15H18N4O2/c1-21-13-9-11(4-5-16-13)15(20)19-8-2-3-12(10-19)14-17-6-7-18-14/h4-7,9,12H,2-3,8,10H2,1H3,(H,17,18)/t12-/m0/s1. The minimum Gasteiger partial charge on any atom is -0.481 e. The lowest BCUT2D eigenvalue weighted by atomic mass is 9.97. The van der Waals surface area contributed by atoms with Crippen LogP contribution in [0, 0.1) is 0 Å². The number of likely N-dealkylation sites (tertiary alicyclic amines) is 1. The summed E-state index contributed by atoms with van der Waals surface area (Å²) in [6, 6.07) is 3.40. The summed E-state index contributed by atoms with van der Waals surface area (Å²) in [6.07, 6.45) is 7.21. The predicted octanol–water partition coefficient (Wildman–Crippen LogP) is 1.83. The second kappa shape index (κ2) is 5.95. The van der Waals surface area contributed by atoms with E-state index < -0.39 is 0 Å². The first-order valence-electron chi connectivity index (χ1n) is 7.06. The molecule has 0 saturated carbocycles. The maximum atomic E-state index is 12.6. The van der Waals surface area contributed by atoms with Crippen molar-refractivity contribution in [3.63, 3.8) is 0 Å². The molecule has 0 bridgehead atoms. The molecule has 1 atom stereocenters. The second-order valence-corrected chi connectivity index (χ2v) is 5.15. The Labute approximate surface area is 123 Å². The Balaban J connectivity index is 1.74. The van der Waals surface area contributed by atoms with Crippen molar-refractivity contribution in [3.05, 3.63) is 42.1 Å². The summed E-state index contributed by atoms with van der Waals surface area (Å²) < 4.78 is 5.08. The Kier molecular flexibility index (Phi) is 3.85. The van der Waals surface area contributed by atoms with Gasteiger partial charge in [0.1, 0.15) is 5.82 Å². The van der Waals surface area contributed by atoms with E-state index in [1.54, 1.807) is 31.6 Å². The number of ether oxygens (including phenoxy) is 1. The van der Waals surface area contributed by atoms with Gasteiger partial charge in [-0.25, -0.2) is 9.97 Å². The minimum atomic E-state index is 0.0203. The lowest BCUT2D eigenvalue weighted by molar-refractivity contribution is 0.0704. The molecule has 6 heteroatoms. The minimum absolute atomic E-state index is 0.0203. The number of piperidine rings is 1. The molecule has 1 aliphatic rings. The van der Waals surface area contributed by atoms with Crippen molar-refractivity contribution in [2.75, 3.05) is 20.2 Å². The fourth-order valence-corrected chi connectivity index (χ4v) is 2.72. The van der Waals surface area contributed by atoms with Crippen LogP contribution in [0.25, 0.3) is 0 Å². The number of amides is 1.